The first-order chi connectivity index (χ1) is 6.84. The Morgan fingerprint density at radius 3 is 2.21 bits per heavy atom. The number of hydrogen-bond acceptors (Lipinski definition) is 1. The largest absolute Gasteiger partial charge is 0.337 e. The van der Waals surface area contributed by atoms with Gasteiger partial charge in [-0.05, 0) is 25.7 Å². The van der Waals surface area contributed by atoms with Gasteiger partial charge in [0, 0.05) is 12.7 Å². The van der Waals surface area contributed by atoms with Crippen LogP contribution in [0, 0.1) is 12.8 Å². The summed E-state index contributed by atoms with van der Waals surface area (Å²) in [5, 5.41) is 0. The van der Waals surface area contributed by atoms with E-state index in [2.05, 4.69) is 15.7 Å². The molecule has 1 saturated carbocycles. The monoisotopic (exact) mass is 196 g/mol. The van der Waals surface area contributed by atoms with Crippen LogP contribution in [0.15, 0.2) is 12.5 Å². The van der Waals surface area contributed by atoms with E-state index in [1.165, 1.54) is 19.4 Å². The first-order valence-electron chi connectivity index (χ1n) is 5.83. The van der Waals surface area contributed by atoms with Crippen LogP contribution in [0.25, 0.3) is 0 Å². The normalized spacial score (nSPS) is 13.5. The van der Waals surface area contributed by atoms with Gasteiger partial charge in [-0.2, -0.15) is 0 Å². The third-order valence-corrected chi connectivity index (χ3v) is 1.93. The molecule has 1 heterocycles. The maximum absolute atomic E-state index is 4.16. The van der Waals surface area contributed by atoms with E-state index in [9.17, 15) is 0 Å². The Morgan fingerprint density at radius 1 is 1.29 bits per heavy atom. The van der Waals surface area contributed by atoms with Gasteiger partial charge in [0.15, 0.2) is 0 Å². The van der Waals surface area contributed by atoms with Crippen LogP contribution in [0.2, 0.25) is 0 Å². The first-order valence-corrected chi connectivity index (χ1v) is 5.83. The van der Waals surface area contributed by atoms with Gasteiger partial charge in [0.1, 0.15) is 0 Å². The molecular formula is C12H24N2. The van der Waals surface area contributed by atoms with Crippen LogP contribution in [-0.4, -0.2) is 9.55 Å². The third-order valence-electron chi connectivity index (χ3n) is 1.93. The summed E-state index contributed by atoms with van der Waals surface area (Å²) < 4.78 is 2.19. The van der Waals surface area contributed by atoms with Crippen LogP contribution in [0.3, 0.4) is 0 Å². The Morgan fingerprint density at radius 2 is 1.86 bits per heavy atom. The molecule has 1 aliphatic rings. The van der Waals surface area contributed by atoms with Crippen molar-refractivity contribution >= 4 is 0 Å². The topological polar surface area (TPSA) is 17.8 Å². The van der Waals surface area contributed by atoms with Crippen molar-refractivity contribution in [1.29, 1.82) is 0 Å². The van der Waals surface area contributed by atoms with E-state index in [1.807, 2.05) is 40.9 Å². The molecule has 0 radical (unpaired) electrons. The van der Waals surface area contributed by atoms with E-state index >= 15 is 0 Å². The van der Waals surface area contributed by atoms with Crippen molar-refractivity contribution in [3.05, 3.63) is 18.2 Å². The van der Waals surface area contributed by atoms with Gasteiger partial charge < -0.3 is 4.57 Å². The highest BCUT2D eigenvalue weighted by molar-refractivity contribution is 4.93. The lowest BCUT2D eigenvalue weighted by molar-refractivity contribution is 0.626. The van der Waals surface area contributed by atoms with Gasteiger partial charge in [-0.25, -0.2) is 4.98 Å². The molecule has 82 valence electrons. The van der Waals surface area contributed by atoms with E-state index in [4.69, 9.17) is 0 Å². The molecule has 0 aromatic carbocycles. The smallest absolute Gasteiger partial charge is 0.0949 e. The van der Waals surface area contributed by atoms with Crippen LogP contribution < -0.4 is 0 Å². The average molecular weight is 196 g/mol. The summed E-state index contributed by atoms with van der Waals surface area (Å²) in [4.78, 5) is 4.16. The second-order valence-corrected chi connectivity index (χ2v) is 3.16. The summed E-state index contributed by atoms with van der Waals surface area (Å²) in [5.74, 6) is 0.952. The number of aryl methyl sites for hydroxylation is 1. The van der Waals surface area contributed by atoms with Crippen LogP contribution >= 0.6 is 0 Å². The van der Waals surface area contributed by atoms with Crippen molar-refractivity contribution < 1.29 is 0 Å². The van der Waals surface area contributed by atoms with Crippen LogP contribution in [-0.2, 0) is 6.54 Å². The van der Waals surface area contributed by atoms with Crippen LogP contribution in [0.4, 0.5) is 0 Å². The summed E-state index contributed by atoms with van der Waals surface area (Å²) in [6.45, 7) is 11.2. The Hall–Kier alpha value is -0.790. The fourth-order valence-electron chi connectivity index (χ4n) is 1.17. The van der Waals surface area contributed by atoms with Crippen molar-refractivity contribution in [2.24, 2.45) is 5.92 Å². The SMILES string of the molecule is CC.CC.Cc1cn(CC2CC2)cn1. The second kappa shape index (κ2) is 7.60. The molecule has 0 N–H and O–H groups in total. The number of aromatic nitrogens is 2. The molecule has 14 heavy (non-hydrogen) atoms. The minimum Gasteiger partial charge on any atom is -0.337 e. The summed E-state index contributed by atoms with van der Waals surface area (Å²) >= 11 is 0. The quantitative estimate of drug-likeness (QED) is 0.706. The van der Waals surface area contributed by atoms with Crippen molar-refractivity contribution in [2.45, 2.75) is 54.0 Å². The number of rotatable bonds is 2. The van der Waals surface area contributed by atoms with Crippen molar-refractivity contribution in [1.82, 2.24) is 9.55 Å². The molecule has 1 aromatic heterocycles. The minimum atomic E-state index is 0.952. The van der Waals surface area contributed by atoms with E-state index in [-0.39, 0.29) is 0 Å². The van der Waals surface area contributed by atoms with Gasteiger partial charge in [-0.1, -0.05) is 27.7 Å². The van der Waals surface area contributed by atoms with Gasteiger partial charge in [0.05, 0.1) is 12.0 Å². The molecule has 1 aromatic rings. The molecule has 0 amide bonds. The Bertz CT molecular complexity index is 224. The molecular weight excluding hydrogens is 172 g/mol. The summed E-state index contributed by atoms with van der Waals surface area (Å²) in [5.41, 5.74) is 1.13. The van der Waals surface area contributed by atoms with E-state index in [0.29, 0.717) is 0 Å². The predicted octanol–water partition coefficient (Wildman–Crippen LogP) is 3.65. The van der Waals surface area contributed by atoms with Gasteiger partial charge in [-0.3, -0.25) is 0 Å². The molecule has 0 aliphatic heterocycles. The van der Waals surface area contributed by atoms with Crippen molar-refractivity contribution in [2.75, 3.05) is 0 Å². The molecule has 1 aliphatic carbocycles. The maximum atomic E-state index is 4.16. The Kier molecular flexibility index (Phi) is 7.17. The zero-order valence-electron chi connectivity index (χ0n) is 10.2. The fraction of sp³-hybridized carbons (Fsp3) is 0.750. The zero-order valence-corrected chi connectivity index (χ0v) is 10.2. The summed E-state index contributed by atoms with van der Waals surface area (Å²) in [6.07, 6.45) is 6.86. The maximum Gasteiger partial charge on any atom is 0.0949 e. The Balaban J connectivity index is 0.000000379. The average Bonchev–Trinajstić information content (AvgIpc) is 2.96. The van der Waals surface area contributed by atoms with Gasteiger partial charge in [0.25, 0.3) is 0 Å². The van der Waals surface area contributed by atoms with E-state index in [0.717, 1.165) is 11.6 Å². The van der Waals surface area contributed by atoms with Crippen molar-refractivity contribution in [3.8, 4) is 0 Å². The van der Waals surface area contributed by atoms with Gasteiger partial charge in [-0.15, -0.1) is 0 Å². The molecule has 2 rings (SSSR count). The lowest BCUT2D eigenvalue weighted by atomic mass is 10.4. The fourth-order valence-corrected chi connectivity index (χ4v) is 1.17. The lowest BCUT2D eigenvalue weighted by Gasteiger charge is -1.95. The molecule has 0 saturated heterocycles. The predicted molar refractivity (Wildman–Crippen MR) is 62.4 cm³/mol. The van der Waals surface area contributed by atoms with E-state index < -0.39 is 0 Å². The molecule has 0 bridgehead atoms. The highest BCUT2D eigenvalue weighted by Gasteiger charge is 2.21. The number of imidazole rings is 1. The minimum absolute atomic E-state index is 0.952. The second-order valence-electron chi connectivity index (χ2n) is 3.16. The zero-order chi connectivity index (χ0) is 11.0. The van der Waals surface area contributed by atoms with Gasteiger partial charge >= 0.3 is 0 Å². The molecule has 0 spiro atoms. The molecule has 2 heteroatoms. The highest BCUT2D eigenvalue weighted by atomic mass is 15.0. The van der Waals surface area contributed by atoms with Crippen LogP contribution in [0.5, 0.6) is 0 Å². The molecule has 2 nitrogen and oxygen atoms in total. The van der Waals surface area contributed by atoms with Gasteiger partial charge in [0.2, 0.25) is 0 Å². The molecule has 0 atom stereocenters. The summed E-state index contributed by atoms with van der Waals surface area (Å²) in [6, 6.07) is 0. The number of hydrogen-bond donors (Lipinski definition) is 0. The van der Waals surface area contributed by atoms with Crippen molar-refractivity contribution in [3.63, 3.8) is 0 Å². The first kappa shape index (κ1) is 13.2. The van der Waals surface area contributed by atoms with E-state index in [1.54, 1.807) is 0 Å². The standard InChI is InChI=1S/C8H12N2.2C2H6/c1-7-4-10(6-9-7)5-8-2-3-8;2*1-2/h4,6,8H,2-3,5H2,1H3;2*1-2H3. The summed E-state index contributed by atoms with van der Waals surface area (Å²) in [7, 11) is 0. The third kappa shape index (κ3) is 5.05. The number of nitrogens with zero attached hydrogens (tertiary/aromatic N) is 2. The highest BCUT2D eigenvalue weighted by Crippen LogP contribution is 2.30. The Labute approximate surface area is 88.4 Å². The molecule has 0 unspecified atom stereocenters. The lowest BCUT2D eigenvalue weighted by Crippen LogP contribution is -1.94. The van der Waals surface area contributed by atoms with Crippen LogP contribution in [0.1, 0.15) is 46.2 Å². The molecule has 1 fully saturated rings.